The summed E-state index contributed by atoms with van der Waals surface area (Å²) in [4.78, 5) is 15.9. The first-order valence-electron chi connectivity index (χ1n) is 8.07. The number of ether oxygens (including phenoxy) is 2. The van der Waals surface area contributed by atoms with E-state index in [2.05, 4.69) is 15.4 Å². The molecule has 9 heteroatoms. The van der Waals surface area contributed by atoms with E-state index < -0.39 is 17.5 Å². The monoisotopic (exact) mass is 392 g/mol. The van der Waals surface area contributed by atoms with Gasteiger partial charge in [0, 0.05) is 31.3 Å². The van der Waals surface area contributed by atoms with Gasteiger partial charge in [-0.2, -0.15) is 5.10 Å². The highest BCUT2D eigenvalue weighted by Crippen LogP contribution is 2.30. The zero-order chi connectivity index (χ0) is 19.8. The Morgan fingerprint density at radius 2 is 1.93 bits per heavy atom. The molecule has 1 aromatic carbocycles. The van der Waals surface area contributed by atoms with Gasteiger partial charge in [-0.15, -0.1) is 0 Å². The number of carbonyl (C=O) groups excluding carboxylic acids is 1. The molecule has 0 fully saturated rings. The van der Waals surface area contributed by atoms with Gasteiger partial charge < -0.3 is 9.47 Å². The lowest BCUT2D eigenvalue weighted by atomic mass is 10.2. The molecular formula is C18H18ClFN4O3. The Balaban J connectivity index is 1.84. The molecule has 7 nitrogen and oxygen atoms in total. The van der Waals surface area contributed by atoms with E-state index in [0.717, 1.165) is 0 Å². The van der Waals surface area contributed by atoms with Crippen molar-refractivity contribution in [2.24, 2.45) is 7.05 Å². The van der Waals surface area contributed by atoms with Crippen molar-refractivity contribution in [3.63, 3.8) is 0 Å². The Morgan fingerprint density at radius 1 is 1.22 bits per heavy atom. The van der Waals surface area contributed by atoms with E-state index >= 15 is 0 Å². The van der Waals surface area contributed by atoms with E-state index in [-0.39, 0.29) is 22.5 Å². The molecule has 0 atom stereocenters. The standard InChI is InChI=1S/C18H18ClFN4O3/c1-18(2,3)27-17(25)23-16-8-11(7-15(19)22-16)26-10-5-13(20)12-9-21-24(4)14(12)6-10/h5-9H,1-4H3,(H,22,23,25). The van der Waals surface area contributed by atoms with Crippen LogP contribution in [0.5, 0.6) is 11.5 Å². The number of hydrogen-bond acceptors (Lipinski definition) is 5. The van der Waals surface area contributed by atoms with Crippen molar-refractivity contribution >= 4 is 34.4 Å². The summed E-state index contributed by atoms with van der Waals surface area (Å²) < 4.78 is 26.6. The molecule has 142 valence electrons. The maximum atomic E-state index is 14.2. The van der Waals surface area contributed by atoms with E-state index in [1.807, 2.05) is 0 Å². The highest BCUT2D eigenvalue weighted by atomic mass is 35.5. The summed E-state index contributed by atoms with van der Waals surface area (Å²) in [7, 11) is 1.71. The zero-order valence-electron chi connectivity index (χ0n) is 15.2. The van der Waals surface area contributed by atoms with Crippen molar-refractivity contribution in [3.05, 3.63) is 41.4 Å². The minimum atomic E-state index is -0.675. The lowest BCUT2D eigenvalue weighted by molar-refractivity contribution is 0.0635. The van der Waals surface area contributed by atoms with Crippen molar-refractivity contribution in [2.45, 2.75) is 26.4 Å². The average Bonchev–Trinajstić information content (AvgIpc) is 2.86. The smallest absolute Gasteiger partial charge is 0.413 e. The lowest BCUT2D eigenvalue weighted by Crippen LogP contribution is -2.27. The molecule has 1 amide bonds. The number of fused-ring (bicyclic) bond motifs is 1. The molecule has 0 bridgehead atoms. The van der Waals surface area contributed by atoms with Crippen LogP contribution in [0.2, 0.25) is 5.15 Å². The summed E-state index contributed by atoms with van der Waals surface area (Å²) in [6.45, 7) is 5.24. The van der Waals surface area contributed by atoms with Crippen LogP contribution in [-0.4, -0.2) is 26.5 Å². The normalized spacial score (nSPS) is 11.5. The molecule has 3 rings (SSSR count). The molecule has 0 saturated carbocycles. The van der Waals surface area contributed by atoms with Crippen molar-refractivity contribution in [1.29, 1.82) is 0 Å². The van der Waals surface area contributed by atoms with Gasteiger partial charge in [0.25, 0.3) is 0 Å². The van der Waals surface area contributed by atoms with Crippen LogP contribution in [0.15, 0.2) is 30.5 Å². The van der Waals surface area contributed by atoms with Gasteiger partial charge in [-0.25, -0.2) is 14.2 Å². The van der Waals surface area contributed by atoms with Crippen LogP contribution in [0, 0.1) is 5.82 Å². The number of aryl methyl sites for hydroxylation is 1. The van der Waals surface area contributed by atoms with Gasteiger partial charge in [-0.1, -0.05) is 11.6 Å². The Morgan fingerprint density at radius 3 is 2.63 bits per heavy atom. The number of amides is 1. The van der Waals surface area contributed by atoms with Gasteiger partial charge in [-0.05, 0) is 20.8 Å². The third kappa shape index (κ3) is 4.65. The minimum Gasteiger partial charge on any atom is -0.457 e. The predicted octanol–water partition coefficient (Wildman–Crippen LogP) is 4.90. The van der Waals surface area contributed by atoms with Crippen LogP contribution in [0.4, 0.5) is 15.0 Å². The second kappa shape index (κ2) is 7.03. The predicted molar refractivity (Wildman–Crippen MR) is 99.8 cm³/mol. The van der Waals surface area contributed by atoms with Crippen molar-refractivity contribution in [1.82, 2.24) is 14.8 Å². The SMILES string of the molecule is Cn1ncc2c(F)cc(Oc3cc(Cl)nc(NC(=O)OC(C)(C)C)c3)cc21. The maximum Gasteiger partial charge on any atom is 0.413 e. The number of pyridine rings is 1. The van der Waals surface area contributed by atoms with Crippen LogP contribution in [-0.2, 0) is 11.8 Å². The van der Waals surface area contributed by atoms with Crippen LogP contribution in [0.25, 0.3) is 10.9 Å². The van der Waals surface area contributed by atoms with E-state index in [1.54, 1.807) is 38.6 Å². The highest BCUT2D eigenvalue weighted by molar-refractivity contribution is 6.29. The summed E-state index contributed by atoms with van der Waals surface area (Å²) in [5.41, 5.74) is -0.0739. The van der Waals surface area contributed by atoms with Crippen LogP contribution >= 0.6 is 11.6 Å². The Labute approximate surface area is 160 Å². The van der Waals surface area contributed by atoms with Gasteiger partial charge in [0.15, 0.2) is 0 Å². The molecule has 2 aromatic heterocycles. The molecule has 0 aliphatic rings. The number of hydrogen-bond donors (Lipinski definition) is 1. The molecule has 3 aromatic rings. The molecular weight excluding hydrogens is 375 g/mol. The number of aromatic nitrogens is 3. The summed E-state index contributed by atoms with van der Waals surface area (Å²) >= 11 is 6.00. The summed E-state index contributed by atoms with van der Waals surface area (Å²) in [5, 5.41) is 7.00. The van der Waals surface area contributed by atoms with E-state index in [1.165, 1.54) is 24.4 Å². The average molecular weight is 393 g/mol. The molecule has 0 aliphatic carbocycles. The molecule has 0 aliphatic heterocycles. The van der Waals surface area contributed by atoms with E-state index in [0.29, 0.717) is 10.9 Å². The molecule has 27 heavy (non-hydrogen) atoms. The number of halogens is 2. The molecule has 1 N–H and O–H groups in total. The van der Waals surface area contributed by atoms with Gasteiger partial charge in [-0.3, -0.25) is 10.00 Å². The third-order valence-electron chi connectivity index (χ3n) is 3.42. The molecule has 0 unspecified atom stereocenters. The first-order chi connectivity index (χ1) is 12.6. The second-order valence-corrected chi connectivity index (χ2v) is 7.23. The van der Waals surface area contributed by atoms with Crippen LogP contribution < -0.4 is 10.1 Å². The zero-order valence-corrected chi connectivity index (χ0v) is 16.0. The summed E-state index contributed by atoms with van der Waals surface area (Å²) in [6, 6.07) is 5.81. The minimum absolute atomic E-state index is 0.0978. The van der Waals surface area contributed by atoms with E-state index in [9.17, 15) is 9.18 Å². The third-order valence-corrected chi connectivity index (χ3v) is 3.62. The van der Waals surface area contributed by atoms with Gasteiger partial charge in [0.05, 0.1) is 17.1 Å². The number of benzene rings is 1. The first-order valence-corrected chi connectivity index (χ1v) is 8.45. The number of nitrogens with one attached hydrogen (secondary N) is 1. The topological polar surface area (TPSA) is 78.3 Å². The Kier molecular flexibility index (Phi) is 4.93. The van der Waals surface area contributed by atoms with Crippen LogP contribution in [0.3, 0.4) is 0 Å². The van der Waals surface area contributed by atoms with Crippen molar-refractivity contribution in [3.8, 4) is 11.5 Å². The fourth-order valence-electron chi connectivity index (χ4n) is 2.38. The van der Waals surface area contributed by atoms with E-state index in [4.69, 9.17) is 21.1 Å². The highest BCUT2D eigenvalue weighted by Gasteiger charge is 2.17. The largest absolute Gasteiger partial charge is 0.457 e. The Hall–Kier alpha value is -2.87. The molecule has 0 spiro atoms. The van der Waals surface area contributed by atoms with Crippen LogP contribution in [0.1, 0.15) is 20.8 Å². The quantitative estimate of drug-likeness (QED) is 0.641. The Bertz CT molecular complexity index is 1010. The fourth-order valence-corrected chi connectivity index (χ4v) is 2.58. The van der Waals surface area contributed by atoms with Crippen molar-refractivity contribution in [2.75, 3.05) is 5.32 Å². The second-order valence-electron chi connectivity index (χ2n) is 6.85. The lowest BCUT2D eigenvalue weighted by Gasteiger charge is -2.19. The first kappa shape index (κ1) is 18.9. The summed E-state index contributed by atoms with van der Waals surface area (Å²) in [6.07, 6.45) is 0.770. The maximum absolute atomic E-state index is 14.2. The fraction of sp³-hybridized carbons (Fsp3) is 0.278. The van der Waals surface area contributed by atoms with Gasteiger partial charge in [0.1, 0.15) is 33.9 Å². The van der Waals surface area contributed by atoms with Gasteiger partial charge >= 0.3 is 6.09 Å². The molecule has 0 radical (unpaired) electrons. The number of nitrogens with zero attached hydrogens (tertiary/aromatic N) is 3. The van der Waals surface area contributed by atoms with Crippen molar-refractivity contribution < 1.29 is 18.7 Å². The number of carbonyl (C=O) groups is 1. The number of anilines is 1. The number of rotatable bonds is 3. The molecule has 0 saturated heterocycles. The van der Waals surface area contributed by atoms with Gasteiger partial charge in [0.2, 0.25) is 0 Å². The molecule has 2 heterocycles. The summed E-state index contributed by atoms with van der Waals surface area (Å²) in [5.74, 6) is 0.229.